The van der Waals surface area contributed by atoms with Gasteiger partial charge in [0.1, 0.15) is 5.82 Å². The van der Waals surface area contributed by atoms with Crippen molar-refractivity contribution in [3.63, 3.8) is 0 Å². The van der Waals surface area contributed by atoms with E-state index >= 15 is 0 Å². The van der Waals surface area contributed by atoms with E-state index in [1.165, 1.54) is 12.1 Å². The number of carbonyl (C=O) groups excluding carboxylic acids is 1. The molecule has 4 nitrogen and oxygen atoms in total. The Bertz CT molecular complexity index is 465. The van der Waals surface area contributed by atoms with Crippen LogP contribution in [-0.2, 0) is 4.79 Å². The van der Waals surface area contributed by atoms with Crippen molar-refractivity contribution in [3.8, 4) is 0 Å². The standard InChI is InChI=1S/C12H13BrFNO3/c1-7(4-11(16)17)6-15-12(18)9-3-2-8(13)5-10(9)14/h2-3,5,7H,4,6H2,1H3,(H,15,18)(H,16,17). The first-order chi connectivity index (χ1) is 8.40. The molecule has 0 bridgehead atoms. The largest absolute Gasteiger partial charge is 0.481 e. The summed E-state index contributed by atoms with van der Waals surface area (Å²) in [6, 6.07) is 4.14. The lowest BCUT2D eigenvalue weighted by Crippen LogP contribution is -2.29. The lowest BCUT2D eigenvalue weighted by Gasteiger charge is -2.10. The molecule has 0 heterocycles. The van der Waals surface area contributed by atoms with Crippen molar-refractivity contribution in [2.24, 2.45) is 5.92 Å². The molecule has 1 unspecified atom stereocenters. The summed E-state index contributed by atoms with van der Waals surface area (Å²) in [5, 5.41) is 11.1. The topological polar surface area (TPSA) is 66.4 Å². The van der Waals surface area contributed by atoms with E-state index in [1.54, 1.807) is 13.0 Å². The lowest BCUT2D eigenvalue weighted by atomic mass is 10.1. The summed E-state index contributed by atoms with van der Waals surface area (Å²) < 4.78 is 14.0. The highest BCUT2D eigenvalue weighted by Crippen LogP contribution is 2.15. The number of hydrogen-bond donors (Lipinski definition) is 2. The van der Waals surface area contributed by atoms with E-state index in [9.17, 15) is 14.0 Å². The highest BCUT2D eigenvalue weighted by atomic mass is 79.9. The number of rotatable bonds is 5. The highest BCUT2D eigenvalue weighted by molar-refractivity contribution is 9.10. The molecular weight excluding hydrogens is 305 g/mol. The normalized spacial score (nSPS) is 11.9. The Balaban J connectivity index is 2.58. The average Bonchev–Trinajstić information content (AvgIpc) is 2.25. The van der Waals surface area contributed by atoms with Crippen molar-refractivity contribution in [2.75, 3.05) is 6.54 Å². The Morgan fingerprint density at radius 3 is 2.72 bits per heavy atom. The van der Waals surface area contributed by atoms with Gasteiger partial charge in [-0.1, -0.05) is 22.9 Å². The Hall–Kier alpha value is -1.43. The van der Waals surface area contributed by atoms with Crippen molar-refractivity contribution in [1.29, 1.82) is 0 Å². The van der Waals surface area contributed by atoms with Crippen LogP contribution in [0.4, 0.5) is 4.39 Å². The third-order valence-corrected chi connectivity index (χ3v) is 2.80. The van der Waals surface area contributed by atoms with Crippen LogP contribution in [-0.4, -0.2) is 23.5 Å². The van der Waals surface area contributed by atoms with Gasteiger partial charge in [-0.2, -0.15) is 0 Å². The zero-order valence-electron chi connectivity index (χ0n) is 9.74. The predicted octanol–water partition coefficient (Wildman–Crippen LogP) is 2.43. The zero-order valence-corrected chi connectivity index (χ0v) is 11.3. The first kappa shape index (κ1) is 14.6. The zero-order chi connectivity index (χ0) is 13.7. The molecule has 18 heavy (non-hydrogen) atoms. The second kappa shape index (κ2) is 6.49. The van der Waals surface area contributed by atoms with Gasteiger partial charge in [0.25, 0.3) is 5.91 Å². The molecule has 0 saturated carbocycles. The summed E-state index contributed by atoms with van der Waals surface area (Å²) in [5.74, 6) is -2.29. The maximum absolute atomic E-state index is 13.5. The fourth-order valence-corrected chi connectivity index (χ4v) is 1.74. The van der Waals surface area contributed by atoms with Gasteiger partial charge in [-0.25, -0.2) is 4.39 Å². The fourth-order valence-electron chi connectivity index (χ4n) is 1.41. The van der Waals surface area contributed by atoms with Crippen molar-refractivity contribution in [3.05, 3.63) is 34.1 Å². The van der Waals surface area contributed by atoms with Gasteiger partial charge in [0, 0.05) is 17.4 Å². The molecular formula is C12H13BrFNO3. The molecule has 1 atom stereocenters. The maximum atomic E-state index is 13.5. The molecule has 1 aromatic rings. The summed E-state index contributed by atoms with van der Waals surface area (Å²) >= 11 is 3.10. The molecule has 1 rings (SSSR count). The summed E-state index contributed by atoms with van der Waals surface area (Å²) in [4.78, 5) is 22.1. The van der Waals surface area contributed by atoms with E-state index in [4.69, 9.17) is 5.11 Å². The van der Waals surface area contributed by atoms with Crippen molar-refractivity contribution >= 4 is 27.8 Å². The molecule has 1 amide bonds. The number of carboxylic acid groups (broad SMARTS) is 1. The van der Waals surface area contributed by atoms with Gasteiger partial charge < -0.3 is 10.4 Å². The second-order valence-corrected chi connectivity index (χ2v) is 4.95. The Morgan fingerprint density at radius 2 is 2.17 bits per heavy atom. The van der Waals surface area contributed by atoms with Gasteiger partial charge in [-0.3, -0.25) is 9.59 Å². The third-order valence-electron chi connectivity index (χ3n) is 2.31. The van der Waals surface area contributed by atoms with Crippen molar-refractivity contribution < 1.29 is 19.1 Å². The van der Waals surface area contributed by atoms with E-state index in [2.05, 4.69) is 21.2 Å². The second-order valence-electron chi connectivity index (χ2n) is 4.04. The summed E-state index contributed by atoms with van der Waals surface area (Å²) in [7, 11) is 0. The Morgan fingerprint density at radius 1 is 1.50 bits per heavy atom. The van der Waals surface area contributed by atoms with Gasteiger partial charge in [-0.15, -0.1) is 0 Å². The molecule has 0 aliphatic rings. The first-order valence-corrected chi connectivity index (χ1v) is 6.14. The molecule has 0 aliphatic carbocycles. The predicted molar refractivity (Wildman–Crippen MR) is 67.9 cm³/mol. The maximum Gasteiger partial charge on any atom is 0.303 e. The number of benzene rings is 1. The molecule has 0 spiro atoms. The van der Waals surface area contributed by atoms with E-state index in [0.717, 1.165) is 0 Å². The molecule has 0 saturated heterocycles. The quantitative estimate of drug-likeness (QED) is 0.876. The average molecular weight is 318 g/mol. The van der Waals surface area contributed by atoms with Gasteiger partial charge in [-0.05, 0) is 24.1 Å². The minimum atomic E-state index is -0.924. The molecule has 98 valence electrons. The molecule has 0 radical (unpaired) electrons. The Labute approximate surface area is 112 Å². The number of hydrogen-bond acceptors (Lipinski definition) is 2. The molecule has 6 heteroatoms. The number of nitrogens with one attached hydrogen (secondary N) is 1. The van der Waals surface area contributed by atoms with Crippen molar-refractivity contribution in [2.45, 2.75) is 13.3 Å². The first-order valence-electron chi connectivity index (χ1n) is 5.35. The van der Waals surface area contributed by atoms with Crippen LogP contribution in [0.2, 0.25) is 0 Å². The van der Waals surface area contributed by atoms with Crippen LogP contribution in [0, 0.1) is 11.7 Å². The fraction of sp³-hybridized carbons (Fsp3) is 0.333. The van der Waals surface area contributed by atoms with Crippen LogP contribution in [0.1, 0.15) is 23.7 Å². The van der Waals surface area contributed by atoms with Crippen LogP contribution < -0.4 is 5.32 Å². The van der Waals surface area contributed by atoms with Crippen molar-refractivity contribution in [1.82, 2.24) is 5.32 Å². The lowest BCUT2D eigenvalue weighted by molar-refractivity contribution is -0.137. The SMILES string of the molecule is CC(CNC(=O)c1ccc(Br)cc1F)CC(=O)O. The van der Waals surface area contributed by atoms with Crippen LogP contribution in [0.15, 0.2) is 22.7 Å². The number of halogens is 2. The molecule has 1 aromatic carbocycles. The molecule has 2 N–H and O–H groups in total. The number of carbonyl (C=O) groups is 2. The number of aliphatic carboxylic acids is 1. The number of amides is 1. The van der Waals surface area contributed by atoms with Gasteiger partial charge in [0.15, 0.2) is 0 Å². The summed E-state index contributed by atoms with van der Waals surface area (Å²) in [5.41, 5.74) is -0.0549. The van der Waals surface area contributed by atoms with Crippen LogP contribution in [0.3, 0.4) is 0 Å². The van der Waals surface area contributed by atoms with Crippen LogP contribution >= 0.6 is 15.9 Å². The molecule has 0 aliphatic heterocycles. The summed E-state index contributed by atoms with van der Waals surface area (Å²) in [6.45, 7) is 1.90. The summed E-state index contributed by atoms with van der Waals surface area (Å²) in [6.07, 6.45) is -0.0386. The molecule has 0 aromatic heterocycles. The Kier molecular flexibility index (Phi) is 5.27. The van der Waals surface area contributed by atoms with Gasteiger partial charge in [0.05, 0.1) is 5.56 Å². The smallest absolute Gasteiger partial charge is 0.303 e. The highest BCUT2D eigenvalue weighted by Gasteiger charge is 2.14. The minimum absolute atomic E-state index is 0.0386. The third kappa shape index (κ3) is 4.44. The number of carboxylic acids is 1. The van der Waals surface area contributed by atoms with E-state index < -0.39 is 17.7 Å². The van der Waals surface area contributed by atoms with Gasteiger partial charge >= 0.3 is 5.97 Å². The van der Waals surface area contributed by atoms with E-state index in [1.807, 2.05) is 0 Å². The van der Waals surface area contributed by atoms with E-state index in [0.29, 0.717) is 4.47 Å². The molecule has 0 fully saturated rings. The monoisotopic (exact) mass is 317 g/mol. The van der Waals surface area contributed by atoms with E-state index in [-0.39, 0.29) is 24.4 Å². The van der Waals surface area contributed by atoms with Crippen LogP contribution in [0.25, 0.3) is 0 Å². The van der Waals surface area contributed by atoms with Crippen LogP contribution in [0.5, 0.6) is 0 Å². The van der Waals surface area contributed by atoms with Gasteiger partial charge in [0.2, 0.25) is 0 Å². The minimum Gasteiger partial charge on any atom is -0.481 e.